The lowest BCUT2D eigenvalue weighted by atomic mass is 9.46. The van der Waals surface area contributed by atoms with E-state index in [0.717, 1.165) is 11.3 Å². The Kier molecular flexibility index (Phi) is 3.53. The molecule has 1 aliphatic rings. The number of fused-ring (bicyclic) bond motifs is 3. The predicted molar refractivity (Wildman–Crippen MR) is 108 cm³/mol. The van der Waals surface area contributed by atoms with Gasteiger partial charge < -0.3 is 4.81 Å². The Morgan fingerprint density at radius 3 is 2.23 bits per heavy atom. The van der Waals surface area contributed by atoms with Crippen LogP contribution in [0.5, 0.6) is 0 Å². The van der Waals surface area contributed by atoms with E-state index < -0.39 is 0 Å². The van der Waals surface area contributed by atoms with Crippen LogP contribution in [0.15, 0.2) is 97.6 Å². The number of hydrogen-bond acceptors (Lipinski definition) is 3. The van der Waals surface area contributed by atoms with Gasteiger partial charge in [-0.3, -0.25) is 9.97 Å². The summed E-state index contributed by atoms with van der Waals surface area (Å²) in [6.45, 7) is 0.102. The van der Waals surface area contributed by atoms with Crippen LogP contribution in [0.4, 0.5) is 11.4 Å². The summed E-state index contributed by atoms with van der Waals surface area (Å²) in [6.07, 6.45) is 7.52. The molecule has 26 heavy (non-hydrogen) atoms. The Morgan fingerprint density at radius 1 is 0.654 bits per heavy atom. The fourth-order valence-corrected chi connectivity index (χ4v) is 3.82. The van der Waals surface area contributed by atoms with Gasteiger partial charge in [0, 0.05) is 41.7 Å². The quantitative estimate of drug-likeness (QED) is 0.527. The molecule has 122 valence electrons. The van der Waals surface area contributed by atoms with Crippen LogP contribution in [0.1, 0.15) is 0 Å². The number of hydrogen-bond donors (Lipinski definition) is 0. The van der Waals surface area contributed by atoms with Crippen molar-refractivity contribution in [3.63, 3.8) is 0 Å². The monoisotopic (exact) mass is 333 g/mol. The Morgan fingerprint density at radius 2 is 1.38 bits per heavy atom. The summed E-state index contributed by atoms with van der Waals surface area (Å²) in [7, 11) is 0. The molecular weight excluding hydrogens is 317 g/mol. The summed E-state index contributed by atoms with van der Waals surface area (Å²) < 4.78 is 0. The van der Waals surface area contributed by atoms with Crippen molar-refractivity contribution in [2.75, 3.05) is 4.81 Å². The number of aromatic nitrogens is 2. The molecule has 0 unspecified atom stereocenters. The van der Waals surface area contributed by atoms with E-state index in [9.17, 15) is 0 Å². The predicted octanol–water partition coefficient (Wildman–Crippen LogP) is 3.40. The van der Waals surface area contributed by atoms with Gasteiger partial charge in [0.15, 0.2) is 0 Å². The van der Waals surface area contributed by atoms with E-state index in [0.29, 0.717) is 0 Å². The molecule has 0 N–H and O–H groups in total. The van der Waals surface area contributed by atoms with Crippen LogP contribution in [-0.4, -0.2) is 16.8 Å². The molecule has 0 spiro atoms. The van der Waals surface area contributed by atoms with Crippen LogP contribution in [-0.2, 0) is 0 Å². The summed E-state index contributed by atoms with van der Waals surface area (Å²) in [4.78, 5) is 11.0. The molecule has 0 amide bonds. The zero-order valence-corrected chi connectivity index (χ0v) is 14.2. The molecule has 0 atom stereocenters. The number of anilines is 2. The van der Waals surface area contributed by atoms with Gasteiger partial charge in [-0.1, -0.05) is 60.1 Å². The minimum absolute atomic E-state index is 0.102. The highest BCUT2D eigenvalue weighted by Crippen LogP contribution is 2.38. The highest BCUT2D eigenvalue weighted by atomic mass is 15.1. The minimum atomic E-state index is 0.102. The van der Waals surface area contributed by atoms with E-state index in [1.165, 1.54) is 22.2 Å². The van der Waals surface area contributed by atoms with Crippen LogP contribution in [0.3, 0.4) is 0 Å². The maximum atomic E-state index is 4.38. The average molecular weight is 333 g/mol. The molecule has 3 nitrogen and oxygen atoms in total. The lowest BCUT2D eigenvalue weighted by Gasteiger charge is -2.38. The third kappa shape index (κ3) is 2.31. The number of pyridine rings is 2. The van der Waals surface area contributed by atoms with E-state index in [4.69, 9.17) is 0 Å². The summed E-state index contributed by atoms with van der Waals surface area (Å²) >= 11 is 0. The van der Waals surface area contributed by atoms with E-state index in [1.54, 1.807) is 0 Å². The molecule has 0 fully saturated rings. The summed E-state index contributed by atoms with van der Waals surface area (Å²) in [5.41, 5.74) is 7.24. The second-order valence-electron chi connectivity index (χ2n) is 6.37. The van der Waals surface area contributed by atoms with Gasteiger partial charge in [-0.2, -0.15) is 0 Å². The van der Waals surface area contributed by atoms with Crippen LogP contribution in [0, 0.1) is 0 Å². The van der Waals surface area contributed by atoms with Crippen LogP contribution in [0.2, 0.25) is 0 Å². The van der Waals surface area contributed by atoms with Gasteiger partial charge >= 0.3 is 6.85 Å². The zero-order valence-electron chi connectivity index (χ0n) is 14.2. The number of benzene rings is 2. The second kappa shape index (κ2) is 6.15. The first kappa shape index (κ1) is 14.9. The van der Waals surface area contributed by atoms with E-state index in [-0.39, 0.29) is 6.85 Å². The average Bonchev–Trinajstić information content (AvgIpc) is 2.74. The molecule has 0 radical (unpaired) electrons. The van der Waals surface area contributed by atoms with Gasteiger partial charge in [-0.25, -0.2) is 0 Å². The topological polar surface area (TPSA) is 29.0 Å². The van der Waals surface area contributed by atoms with Crippen molar-refractivity contribution >= 4 is 29.1 Å². The van der Waals surface area contributed by atoms with Gasteiger partial charge in [-0.05, 0) is 29.2 Å². The molecule has 3 heterocycles. The molecule has 0 saturated carbocycles. The van der Waals surface area contributed by atoms with Gasteiger partial charge in [0.05, 0.1) is 0 Å². The van der Waals surface area contributed by atoms with Crippen molar-refractivity contribution in [2.24, 2.45) is 0 Å². The third-order valence-corrected chi connectivity index (χ3v) is 4.92. The van der Waals surface area contributed by atoms with Crippen LogP contribution >= 0.6 is 0 Å². The molecule has 2 aromatic heterocycles. The maximum Gasteiger partial charge on any atom is 0.328 e. The number of rotatable bonds is 2. The highest BCUT2D eigenvalue weighted by Gasteiger charge is 2.36. The highest BCUT2D eigenvalue weighted by molar-refractivity contribution is 6.90. The van der Waals surface area contributed by atoms with Crippen molar-refractivity contribution in [1.29, 1.82) is 0 Å². The van der Waals surface area contributed by atoms with Gasteiger partial charge in [0.2, 0.25) is 0 Å². The van der Waals surface area contributed by atoms with Gasteiger partial charge in [0.1, 0.15) is 0 Å². The molecule has 0 aliphatic carbocycles. The molecule has 1 aliphatic heterocycles. The lowest BCUT2D eigenvalue weighted by Crippen LogP contribution is -2.57. The molecule has 0 saturated heterocycles. The largest absolute Gasteiger partial charge is 0.376 e. The normalized spacial score (nSPS) is 12.5. The van der Waals surface area contributed by atoms with E-state index >= 15 is 0 Å². The van der Waals surface area contributed by atoms with Gasteiger partial charge in [0.25, 0.3) is 0 Å². The van der Waals surface area contributed by atoms with E-state index in [1.807, 2.05) is 24.8 Å². The Hall–Kier alpha value is -3.40. The molecule has 4 aromatic rings. The summed E-state index contributed by atoms with van der Waals surface area (Å²) in [5, 5.41) is 0. The SMILES string of the molecule is c1ccc(B2c3ccccc3-c3cnccc3N2c2ccncc2)cc1. The molecule has 2 aromatic carbocycles. The van der Waals surface area contributed by atoms with Crippen LogP contribution in [0.25, 0.3) is 11.1 Å². The fraction of sp³-hybridized carbons (Fsp3) is 0. The Bertz CT molecular complexity index is 964. The molecule has 4 heteroatoms. The standard InChI is InChI=1S/C22H16BN3/c1-2-6-17(7-3-1)23-21-9-5-4-8-19(21)20-16-25-15-12-22(20)26(23)18-10-13-24-14-11-18/h1-16H. The minimum Gasteiger partial charge on any atom is -0.376 e. The third-order valence-electron chi connectivity index (χ3n) is 4.92. The van der Waals surface area contributed by atoms with Crippen molar-refractivity contribution < 1.29 is 0 Å². The van der Waals surface area contributed by atoms with E-state index in [2.05, 4.69) is 87.6 Å². The van der Waals surface area contributed by atoms with Crippen LogP contribution < -0.4 is 15.7 Å². The maximum absolute atomic E-state index is 4.38. The Labute approximate surface area is 153 Å². The van der Waals surface area contributed by atoms with Gasteiger partial charge in [-0.15, -0.1) is 0 Å². The smallest absolute Gasteiger partial charge is 0.328 e. The fourth-order valence-electron chi connectivity index (χ4n) is 3.82. The van der Waals surface area contributed by atoms with Crippen molar-refractivity contribution in [1.82, 2.24) is 9.97 Å². The first-order valence-electron chi connectivity index (χ1n) is 8.71. The van der Waals surface area contributed by atoms with Crippen molar-refractivity contribution in [3.8, 4) is 11.1 Å². The first-order valence-corrected chi connectivity index (χ1v) is 8.71. The molecule has 5 rings (SSSR count). The molecule has 0 bridgehead atoms. The summed E-state index contributed by atoms with van der Waals surface area (Å²) in [5.74, 6) is 0. The summed E-state index contributed by atoms with van der Waals surface area (Å²) in [6, 6.07) is 25.5. The number of nitrogens with zero attached hydrogens (tertiary/aromatic N) is 3. The van der Waals surface area contributed by atoms with Crippen molar-refractivity contribution in [3.05, 3.63) is 97.6 Å². The lowest BCUT2D eigenvalue weighted by molar-refractivity contribution is 1.26. The second-order valence-corrected chi connectivity index (χ2v) is 6.37. The zero-order chi connectivity index (χ0) is 17.3. The van der Waals surface area contributed by atoms with Crippen molar-refractivity contribution in [2.45, 2.75) is 0 Å². The molecular formula is C22H16BN3. The first-order chi connectivity index (χ1) is 12.9. The Balaban J connectivity index is 1.83.